The summed E-state index contributed by atoms with van der Waals surface area (Å²) in [5.74, 6) is -0.361. The highest BCUT2D eigenvalue weighted by molar-refractivity contribution is 9.08. The molecule has 13 aromatic heterocycles. The third-order valence-electron chi connectivity index (χ3n) is 16.3. The first-order valence-corrected chi connectivity index (χ1v) is 42.0. The lowest BCUT2D eigenvalue weighted by molar-refractivity contribution is 0.0607. The highest BCUT2D eigenvalue weighted by Gasteiger charge is 2.20. The molecule has 0 aliphatic rings. The van der Waals surface area contributed by atoms with Gasteiger partial charge in [-0.3, -0.25) is 47.6 Å². The van der Waals surface area contributed by atoms with Gasteiger partial charge in [-0.1, -0.05) is 89.1 Å². The summed E-state index contributed by atoms with van der Waals surface area (Å²) in [6.45, 7) is 12.2. The summed E-state index contributed by atoms with van der Waals surface area (Å²) in [5.41, 5.74) is 19.5. The smallest absolute Gasteiger partial charge is 0.350 e. The van der Waals surface area contributed by atoms with E-state index in [1.165, 1.54) is 100 Å². The number of nitrogens with one attached hydrogen (secondary N) is 3. The van der Waals surface area contributed by atoms with Gasteiger partial charge in [-0.25, -0.2) is 39.5 Å². The van der Waals surface area contributed by atoms with Crippen LogP contribution < -0.4 is 39.2 Å². The molecule has 0 radical (unpaired) electrons. The lowest BCUT2D eigenvalue weighted by Gasteiger charge is -2.09. The van der Waals surface area contributed by atoms with Crippen molar-refractivity contribution in [1.29, 1.82) is 15.8 Å². The van der Waals surface area contributed by atoms with Crippen LogP contribution in [0.25, 0.3) is 61.3 Å². The van der Waals surface area contributed by atoms with Gasteiger partial charge >= 0.3 is 11.7 Å². The number of ether oxygens (including phenoxy) is 1. The zero-order chi connectivity index (χ0) is 80.9. The van der Waals surface area contributed by atoms with Gasteiger partial charge in [0.2, 0.25) is 26.4 Å². The maximum Gasteiger partial charge on any atom is 0.350 e. The predicted molar refractivity (Wildman–Crippen MR) is 459 cm³/mol. The number of hydrogen-bond acceptors (Lipinski definition) is 25. The molecule has 5 N–H and O–H groups in total. The Kier molecular flexibility index (Phi) is 29.0. The van der Waals surface area contributed by atoms with Gasteiger partial charge < -0.3 is 15.5 Å². The van der Waals surface area contributed by atoms with Crippen LogP contribution in [0, 0.1) is 68.6 Å². The summed E-state index contributed by atoms with van der Waals surface area (Å²) >= 11 is 48.7. The molecule has 0 spiro atoms. The molecule has 13 heterocycles. The fourth-order valence-electron chi connectivity index (χ4n) is 10.5. The summed E-state index contributed by atoms with van der Waals surface area (Å²) in [4.78, 5) is 115. The van der Waals surface area contributed by atoms with Crippen LogP contribution in [0.5, 0.6) is 0 Å². The second-order valence-electron chi connectivity index (χ2n) is 23.6. The van der Waals surface area contributed by atoms with Crippen molar-refractivity contribution < 1.29 is 9.53 Å². The maximum atomic E-state index is 12.6. The normalized spacial score (nSPS) is 10.7. The number of H-pyrrole nitrogens is 3. The zero-order valence-electron chi connectivity index (χ0n) is 59.2. The van der Waals surface area contributed by atoms with Gasteiger partial charge in [-0.2, -0.15) is 15.8 Å². The largest absolute Gasteiger partial charge is 0.465 e. The molecule has 0 fully saturated rings. The first-order chi connectivity index (χ1) is 53.6. The monoisotopic (exact) mass is 1810 g/mol. The molecule has 3 aromatic carbocycles. The third kappa shape index (κ3) is 19.3. The molecule has 112 heavy (non-hydrogen) atoms. The Bertz CT molecular complexity index is 6630. The Balaban J connectivity index is 0.000000141. The van der Waals surface area contributed by atoms with Gasteiger partial charge in [0, 0.05) is 10.9 Å². The topological polar surface area (TPSA) is 366 Å². The van der Waals surface area contributed by atoms with Crippen molar-refractivity contribution in [3.8, 4) is 18.2 Å². The molecule has 0 aliphatic carbocycles. The number of aromatic amines is 3. The van der Waals surface area contributed by atoms with Crippen molar-refractivity contribution in [3.05, 3.63) is 281 Å². The van der Waals surface area contributed by atoms with Crippen LogP contribution >= 0.6 is 165 Å². The van der Waals surface area contributed by atoms with Gasteiger partial charge in [0.15, 0.2) is 5.15 Å². The zero-order valence-corrected chi connectivity index (χ0v) is 71.1. The van der Waals surface area contributed by atoms with E-state index in [0.29, 0.717) is 88.8 Å². The van der Waals surface area contributed by atoms with Gasteiger partial charge in [-0.05, 0) is 205 Å². The standard InChI is InChI=1S/C16H12ClN3OS.C15H9BrClN3OS.C15H10ClN3OS.C7H4Cl2N2S.C7H5ClN2OS.C7H6N2O2S.C7H9NO2S/c1-2-10-9-22-14-13(10)19-16(17)20(15(14)21)8-12-6-4-3-5-11(12)7-18;16-5-11-8-22-13-12(11)19-15(17)20(14(13)21)7-10-4-2-1-3-9(10)6-18;1-9-8-21-13-12(9)18-15(16)19(14(13)20)7-11-5-3-2-4-10(11)6-17;1-3-2-12-5-4(3)10-7(9)11-6(5)8;1-3-2-12-5-4(3)9-7(8)10-6(5)11;1-3-2-12-5-4(3)8-7(11)9-6(5)10;1-4-3-11-6(5(4)8)7(9)10-2/h3-6,9H,2,8H2,1H3;1-4,8H,5,7H2;2-5,8H,7H2,1H3;2H,1H3;2H,1H3,(H,9,10,11);2H,1H3,(H2,8,9,10,11);3H,8H2,1-2H3. The minimum absolute atomic E-state index is 0.130. The lowest BCUT2D eigenvalue weighted by atomic mass is 10.1. The van der Waals surface area contributed by atoms with E-state index in [9.17, 15) is 33.6 Å². The van der Waals surface area contributed by atoms with Crippen LogP contribution in [0.3, 0.4) is 0 Å². The molecular formula is C74H55BrCl6N16O8S7. The van der Waals surface area contributed by atoms with Crippen molar-refractivity contribution >= 4 is 238 Å². The van der Waals surface area contributed by atoms with Gasteiger partial charge in [0.05, 0.1) is 105 Å². The number of esters is 1. The molecule has 570 valence electrons. The fourth-order valence-corrected chi connectivity index (χ4v) is 18.9. The number of nitrogens with zero attached hydrogens (tertiary/aromatic N) is 12. The molecule has 0 amide bonds. The van der Waals surface area contributed by atoms with Crippen LogP contribution in [0.2, 0.25) is 31.6 Å². The van der Waals surface area contributed by atoms with Gasteiger partial charge in [0.25, 0.3) is 27.8 Å². The molecule has 16 aromatic rings. The summed E-state index contributed by atoms with van der Waals surface area (Å²) in [6, 6.07) is 27.8. The number of alkyl halides is 1. The molecule has 0 unspecified atom stereocenters. The molecule has 24 nitrogen and oxygen atoms in total. The Morgan fingerprint density at radius 1 is 0.473 bits per heavy atom. The van der Waals surface area contributed by atoms with Crippen molar-refractivity contribution in [2.75, 3.05) is 12.8 Å². The van der Waals surface area contributed by atoms with Crippen LogP contribution in [-0.2, 0) is 36.1 Å². The Morgan fingerprint density at radius 2 is 0.866 bits per heavy atom. The molecule has 0 bridgehead atoms. The third-order valence-corrected chi connectivity index (χ3v) is 25.9. The van der Waals surface area contributed by atoms with E-state index in [1.807, 2.05) is 116 Å². The highest BCUT2D eigenvalue weighted by Crippen LogP contribution is 2.32. The number of nitriles is 3. The first-order valence-electron chi connectivity index (χ1n) is 32.4. The molecule has 0 aliphatic heterocycles. The van der Waals surface area contributed by atoms with Crippen LogP contribution in [0.1, 0.15) is 88.9 Å². The molecular weight excluding hydrogens is 1760 g/mol. The number of aryl methyl sites for hydroxylation is 6. The van der Waals surface area contributed by atoms with E-state index in [2.05, 4.69) is 83.7 Å². The summed E-state index contributed by atoms with van der Waals surface area (Å²) in [5, 5.41) is 42.6. The van der Waals surface area contributed by atoms with Crippen molar-refractivity contribution in [3.63, 3.8) is 0 Å². The number of nitrogen functional groups attached to an aromatic ring is 1. The highest BCUT2D eigenvalue weighted by atomic mass is 79.9. The number of benzene rings is 3. The number of nitrogens with two attached hydrogens (primary N) is 1. The minimum atomic E-state index is -0.450. The predicted octanol–water partition coefficient (Wildman–Crippen LogP) is 18.1. The molecule has 0 saturated carbocycles. The number of anilines is 1. The minimum Gasteiger partial charge on any atom is -0.465 e. The Hall–Kier alpha value is -9.64. The molecule has 38 heteroatoms. The van der Waals surface area contributed by atoms with E-state index >= 15 is 0 Å². The number of rotatable bonds is 9. The van der Waals surface area contributed by atoms with Crippen molar-refractivity contribution in [2.45, 2.75) is 72.9 Å². The second kappa shape index (κ2) is 38.3. The number of carbonyl (C=O) groups is 1. The lowest BCUT2D eigenvalue weighted by Crippen LogP contribution is -2.22. The summed E-state index contributed by atoms with van der Waals surface area (Å²) in [6.07, 6.45) is 0.810. The number of halogens is 7. The maximum absolute atomic E-state index is 12.6. The van der Waals surface area contributed by atoms with E-state index in [0.717, 1.165) is 72.3 Å². The Labute approximate surface area is 700 Å². The summed E-state index contributed by atoms with van der Waals surface area (Å²) < 4.78 is 12.6. The molecule has 16 rings (SSSR count). The van der Waals surface area contributed by atoms with Gasteiger partial charge in [0.1, 0.15) is 28.4 Å². The fraction of sp³-hybridized carbons (Fsp3) is 0.162. The summed E-state index contributed by atoms with van der Waals surface area (Å²) in [7, 11) is 1.34. The molecule has 0 atom stereocenters. The number of carbonyl (C=O) groups excluding carboxylic acids is 1. The van der Waals surface area contributed by atoms with E-state index in [-0.39, 0.29) is 79.8 Å². The number of methoxy groups -OCH3 is 1. The van der Waals surface area contributed by atoms with E-state index in [4.69, 9.17) is 91.1 Å². The van der Waals surface area contributed by atoms with Crippen LogP contribution in [0.15, 0.2) is 139 Å². The average molecular weight is 1810 g/mol. The van der Waals surface area contributed by atoms with E-state index in [1.54, 1.807) is 36.4 Å². The van der Waals surface area contributed by atoms with Crippen molar-refractivity contribution in [2.24, 2.45) is 0 Å². The Morgan fingerprint density at radius 3 is 1.33 bits per heavy atom. The van der Waals surface area contributed by atoms with E-state index < -0.39 is 5.69 Å². The number of fused-ring (bicyclic) bond motifs is 6. The quantitative estimate of drug-likeness (QED) is 0.0451. The SMILES string of the molecule is CCc1csc2c(=O)n(Cc3ccccc3C#N)c(Cl)nc12.COC(=O)c1scc(C)c1N.Cc1csc2c(=O)[nH]c(=O)[nH]c12.Cc1csc2c(=O)[nH]c(Cl)nc12.Cc1csc2c(=O)n(Cc3ccccc3C#N)c(Cl)nc12.Cc1csc2c(Cl)nc(Cl)nc12.N#Cc1ccccc1Cn1c(Cl)nc2c(CBr)csc2c1=O. The number of thiophene rings is 7. The number of hydrogen-bond donors (Lipinski definition) is 4. The second-order valence-corrected chi connectivity index (χ2v) is 32.4. The molecule has 0 saturated heterocycles. The number of aromatic nitrogens is 12. The average Bonchev–Trinajstić information content (AvgIpc) is 1.60. The van der Waals surface area contributed by atoms with Crippen molar-refractivity contribution in [1.82, 2.24) is 58.6 Å². The van der Waals surface area contributed by atoms with Crippen LogP contribution in [-0.4, -0.2) is 71.6 Å². The van der Waals surface area contributed by atoms with Crippen LogP contribution in [0.4, 0.5) is 5.69 Å². The first kappa shape index (κ1) is 84.8. The van der Waals surface area contributed by atoms with Gasteiger partial charge in [-0.15, -0.1) is 79.4 Å².